The second kappa shape index (κ2) is 11.2. The summed E-state index contributed by atoms with van der Waals surface area (Å²) < 4.78 is 25.2. The van der Waals surface area contributed by atoms with Gasteiger partial charge in [0.25, 0.3) is 11.6 Å². The van der Waals surface area contributed by atoms with Crippen LogP contribution in [-0.2, 0) is 11.4 Å². The molecule has 0 atom stereocenters. The summed E-state index contributed by atoms with van der Waals surface area (Å²) in [6.45, 7) is 2.19. The van der Waals surface area contributed by atoms with Gasteiger partial charge < -0.3 is 14.8 Å². The molecule has 0 radical (unpaired) electrons. The highest BCUT2D eigenvalue weighted by Gasteiger charge is 2.14. The van der Waals surface area contributed by atoms with Crippen LogP contribution in [0.1, 0.15) is 18.1 Å². The van der Waals surface area contributed by atoms with Crippen molar-refractivity contribution in [2.45, 2.75) is 13.5 Å². The highest BCUT2D eigenvalue weighted by molar-refractivity contribution is 6.09. The molecule has 3 rings (SSSR count). The predicted molar refractivity (Wildman–Crippen MR) is 124 cm³/mol. The van der Waals surface area contributed by atoms with Crippen LogP contribution in [0.5, 0.6) is 11.5 Å². The molecule has 1 N–H and O–H groups in total. The fourth-order valence-corrected chi connectivity index (χ4v) is 2.99. The van der Waals surface area contributed by atoms with E-state index in [1.54, 1.807) is 43.3 Å². The molecule has 0 aliphatic rings. The summed E-state index contributed by atoms with van der Waals surface area (Å²) in [5, 5.41) is 22.8. The smallest absolute Gasteiger partial charge is 0.269 e. The third-order valence-corrected chi connectivity index (χ3v) is 4.58. The zero-order valence-electron chi connectivity index (χ0n) is 18.2. The number of halogens is 1. The summed E-state index contributed by atoms with van der Waals surface area (Å²) in [7, 11) is 0. The number of carbonyl (C=O) groups is 1. The largest absolute Gasteiger partial charge is 0.490 e. The number of nitro groups is 1. The third kappa shape index (κ3) is 6.17. The SMILES string of the molecule is CCOc1cc(C=C(C#N)C(=O)Nc2ccccc2F)ccc1OCc1cccc([N+](=O)[O-])c1. The second-order valence-corrected chi connectivity index (χ2v) is 6.96. The molecule has 0 aliphatic heterocycles. The lowest BCUT2D eigenvalue weighted by Crippen LogP contribution is -2.14. The van der Waals surface area contributed by atoms with Gasteiger partial charge in [-0.1, -0.05) is 30.3 Å². The molecule has 9 heteroatoms. The number of nitriles is 1. The van der Waals surface area contributed by atoms with Crippen LogP contribution in [0.15, 0.2) is 72.3 Å². The number of nitro benzene ring substituents is 1. The molecule has 3 aromatic carbocycles. The number of nitrogens with zero attached hydrogens (tertiary/aromatic N) is 2. The number of nitrogens with one attached hydrogen (secondary N) is 1. The fourth-order valence-electron chi connectivity index (χ4n) is 2.99. The minimum atomic E-state index is -0.753. The molecule has 34 heavy (non-hydrogen) atoms. The Balaban J connectivity index is 1.79. The van der Waals surface area contributed by atoms with Crippen LogP contribution >= 0.6 is 0 Å². The summed E-state index contributed by atoms with van der Waals surface area (Å²) in [5.74, 6) is -0.609. The van der Waals surface area contributed by atoms with Crippen molar-refractivity contribution in [3.63, 3.8) is 0 Å². The highest BCUT2D eigenvalue weighted by atomic mass is 19.1. The van der Waals surface area contributed by atoms with Gasteiger partial charge in [0.15, 0.2) is 11.5 Å². The number of carbonyl (C=O) groups excluding carboxylic acids is 1. The first-order chi connectivity index (χ1) is 16.4. The van der Waals surface area contributed by atoms with Gasteiger partial charge in [0.1, 0.15) is 24.1 Å². The van der Waals surface area contributed by atoms with E-state index in [2.05, 4.69) is 5.32 Å². The van der Waals surface area contributed by atoms with E-state index in [9.17, 15) is 24.6 Å². The molecular formula is C25H20FN3O5. The zero-order chi connectivity index (χ0) is 24.5. The minimum absolute atomic E-state index is 0.0337. The molecule has 0 heterocycles. The van der Waals surface area contributed by atoms with Crippen molar-refractivity contribution in [2.75, 3.05) is 11.9 Å². The summed E-state index contributed by atoms with van der Waals surface area (Å²) in [6.07, 6.45) is 1.35. The van der Waals surface area contributed by atoms with Gasteiger partial charge in [-0.05, 0) is 48.4 Å². The Kier molecular flexibility index (Phi) is 7.92. The number of ether oxygens (including phenoxy) is 2. The lowest BCUT2D eigenvalue weighted by Gasteiger charge is -2.13. The van der Waals surface area contributed by atoms with Crippen LogP contribution in [0.2, 0.25) is 0 Å². The Morgan fingerprint density at radius 3 is 2.62 bits per heavy atom. The maximum atomic E-state index is 13.8. The standard InChI is InChI=1S/C25H20FN3O5/c1-2-33-24-14-17(12-19(15-27)25(30)28-22-9-4-3-8-21(22)26)10-11-23(24)34-16-18-6-5-7-20(13-18)29(31)32/h3-14H,2,16H2,1H3,(H,28,30). The summed E-state index contributed by atoms with van der Waals surface area (Å²) in [6, 6.07) is 18.4. The molecule has 0 aromatic heterocycles. The van der Waals surface area contributed by atoms with Gasteiger partial charge in [-0.15, -0.1) is 0 Å². The fraction of sp³-hybridized carbons (Fsp3) is 0.120. The maximum Gasteiger partial charge on any atom is 0.269 e. The number of anilines is 1. The number of non-ortho nitro benzene ring substituents is 1. The molecule has 3 aromatic rings. The van der Waals surface area contributed by atoms with Crippen molar-refractivity contribution in [1.82, 2.24) is 0 Å². The quantitative estimate of drug-likeness (QED) is 0.201. The topological polar surface area (TPSA) is 114 Å². The van der Waals surface area contributed by atoms with Crippen LogP contribution in [-0.4, -0.2) is 17.4 Å². The molecule has 0 saturated carbocycles. The van der Waals surface area contributed by atoms with E-state index in [-0.39, 0.29) is 23.6 Å². The van der Waals surface area contributed by atoms with Gasteiger partial charge in [0.2, 0.25) is 0 Å². The van der Waals surface area contributed by atoms with Crippen molar-refractivity contribution in [3.8, 4) is 17.6 Å². The maximum absolute atomic E-state index is 13.8. The number of rotatable bonds is 9. The van der Waals surface area contributed by atoms with E-state index >= 15 is 0 Å². The van der Waals surface area contributed by atoms with Gasteiger partial charge in [-0.2, -0.15) is 5.26 Å². The van der Waals surface area contributed by atoms with Crippen molar-refractivity contribution in [3.05, 3.63) is 99.4 Å². The minimum Gasteiger partial charge on any atom is -0.490 e. The van der Waals surface area contributed by atoms with Gasteiger partial charge in [-0.3, -0.25) is 14.9 Å². The first-order valence-electron chi connectivity index (χ1n) is 10.2. The molecule has 1 amide bonds. The molecule has 0 spiro atoms. The van der Waals surface area contributed by atoms with Crippen LogP contribution in [0.4, 0.5) is 15.8 Å². The number of hydrogen-bond donors (Lipinski definition) is 1. The molecule has 0 aliphatic carbocycles. The number of hydrogen-bond acceptors (Lipinski definition) is 6. The molecule has 0 unspecified atom stereocenters. The van der Waals surface area contributed by atoms with Crippen LogP contribution in [0.3, 0.4) is 0 Å². The van der Waals surface area contributed by atoms with Crippen LogP contribution in [0.25, 0.3) is 6.08 Å². The summed E-state index contributed by atoms with van der Waals surface area (Å²) >= 11 is 0. The van der Waals surface area contributed by atoms with E-state index in [1.165, 1.54) is 36.4 Å². The van der Waals surface area contributed by atoms with Crippen LogP contribution in [0, 0.1) is 27.3 Å². The molecule has 0 bridgehead atoms. The summed E-state index contributed by atoms with van der Waals surface area (Å²) in [5.41, 5.74) is 0.803. The lowest BCUT2D eigenvalue weighted by atomic mass is 10.1. The van der Waals surface area contributed by atoms with Crippen molar-refractivity contribution in [1.29, 1.82) is 5.26 Å². The Labute approximate surface area is 195 Å². The summed E-state index contributed by atoms with van der Waals surface area (Å²) in [4.78, 5) is 22.9. The highest BCUT2D eigenvalue weighted by Crippen LogP contribution is 2.30. The predicted octanol–water partition coefficient (Wildman–Crippen LogP) is 5.26. The zero-order valence-corrected chi connectivity index (χ0v) is 18.2. The third-order valence-electron chi connectivity index (χ3n) is 4.58. The first-order valence-corrected chi connectivity index (χ1v) is 10.2. The first kappa shape index (κ1) is 23.9. The Morgan fingerprint density at radius 1 is 1.12 bits per heavy atom. The van der Waals surface area contributed by atoms with Crippen molar-refractivity contribution < 1.29 is 23.6 Å². The van der Waals surface area contributed by atoms with Gasteiger partial charge in [0, 0.05) is 12.1 Å². The molecule has 0 fully saturated rings. The second-order valence-electron chi connectivity index (χ2n) is 6.96. The molecule has 0 saturated heterocycles. The van der Waals surface area contributed by atoms with Gasteiger partial charge >= 0.3 is 0 Å². The average Bonchev–Trinajstić information content (AvgIpc) is 2.83. The van der Waals surface area contributed by atoms with Crippen molar-refractivity contribution >= 4 is 23.4 Å². The monoisotopic (exact) mass is 461 g/mol. The molecule has 172 valence electrons. The van der Waals surface area contributed by atoms with Crippen LogP contribution < -0.4 is 14.8 Å². The lowest BCUT2D eigenvalue weighted by molar-refractivity contribution is -0.384. The molecular weight excluding hydrogens is 441 g/mol. The Bertz CT molecular complexity index is 1280. The van der Waals surface area contributed by atoms with Crippen molar-refractivity contribution in [2.24, 2.45) is 0 Å². The van der Waals surface area contributed by atoms with Gasteiger partial charge in [0.05, 0.1) is 17.2 Å². The van der Waals surface area contributed by atoms with E-state index in [0.29, 0.717) is 29.2 Å². The van der Waals surface area contributed by atoms with E-state index in [0.717, 1.165) is 0 Å². The van der Waals surface area contributed by atoms with E-state index < -0.39 is 16.6 Å². The average molecular weight is 461 g/mol. The normalized spacial score (nSPS) is 10.8. The van der Waals surface area contributed by atoms with E-state index in [4.69, 9.17) is 9.47 Å². The Morgan fingerprint density at radius 2 is 1.91 bits per heavy atom. The van der Waals surface area contributed by atoms with E-state index in [1.807, 2.05) is 6.07 Å². The number of benzene rings is 3. The Hall–Kier alpha value is -4.71. The number of para-hydroxylation sites is 1. The number of amides is 1. The molecule has 8 nitrogen and oxygen atoms in total. The van der Waals surface area contributed by atoms with Gasteiger partial charge in [-0.25, -0.2) is 4.39 Å².